The zero-order chi connectivity index (χ0) is 14.7. The lowest BCUT2D eigenvalue weighted by Crippen LogP contribution is -2.33. The van der Waals surface area contributed by atoms with Gasteiger partial charge in [-0.25, -0.2) is 4.98 Å². The van der Waals surface area contributed by atoms with Crippen molar-refractivity contribution in [2.45, 2.75) is 44.6 Å². The number of nitrogens with zero attached hydrogens (tertiary/aromatic N) is 3. The third kappa shape index (κ3) is 2.76. The van der Waals surface area contributed by atoms with Gasteiger partial charge in [0.05, 0.1) is 0 Å². The van der Waals surface area contributed by atoms with E-state index in [9.17, 15) is 0 Å². The number of nitrogens with two attached hydrogens (primary N) is 1. The van der Waals surface area contributed by atoms with Gasteiger partial charge < -0.3 is 15.0 Å². The summed E-state index contributed by atoms with van der Waals surface area (Å²) in [4.78, 5) is 8.73. The number of rotatable bonds is 4. The molecule has 6 heteroatoms. The molecule has 0 aromatic carbocycles. The van der Waals surface area contributed by atoms with Crippen LogP contribution in [0.5, 0.6) is 0 Å². The molecule has 1 aliphatic rings. The van der Waals surface area contributed by atoms with Crippen LogP contribution in [0.1, 0.15) is 44.9 Å². The van der Waals surface area contributed by atoms with E-state index in [-0.39, 0.29) is 0 Å². The standard InChI is InChI=1S/C15H20N4O2/c1-2-20-15(9-4-3-5-10-15)14-18-13(21-19-14)11-7-6-8-12(16)17-11/h6-8H,2-5,9-10H2,1H3,(H2,16,17). The van der Waals surface area contributed by atoms with Crippen LogP contribution in [0.15, 0.2) is 22.7 Å². The first-order valence-corrected chi connectivity index (χ1v) is 7.44. The van der Waals surface area contributed by atoms with E-state index >= 15 is 0 Å². The molecule has 0 atom stereocenters. The lowest BCUT2D eigenvalue weighted by Gasteiger charge is -2.33. The van der Waals surface area contributed by atoms with Gasteiger partial charge in [0, 0.05) is 6.61 Å². The second-order valence-corrected chi connectivity index (χ2v) is 5.36. The van der Waals surface area contributed by atoms with Crippen molar-refractivity contribution in [1.29, 1.82) is 0 Å². The lowest BCUT2D eigenvalue weighted by atomic mass is 9.84. The molecule has 6 nitrogen and oxygen atoms in total. The van der Waals surface area contributed by atoms with E-state index in [4.69, 9.17) is 15.0 Å². The van der Waals surface area contributed by atoms with Crippen molar-refractivity contribution in [2.24, 2.45) is 0 Å². The van der Waals surface area contributed by atoms with Gasteiger partial charge in [-0.3, -0.25) is 0 Å². The average molecular weight is 288 g/mol. The van der Waals surface area contributed by atoms with Crippen molar-refractivity contribution in [3.8, 4) is 11.6 Å². The minimum absolute atomic E-state index is 0.391. The molecule has 0 spiro atoms. The van der Waals surface area contributed by atoms with Gasteiger partial charge in [0.1, 0.15) is 17.1 Å². The second-order valence-electron chi connectivity index (χ2n) is 5.36. The molecule has 2 N–H and O–H groups in total. The Bertz CT molecular complexity index is 600. The fourth-order valence-corrected chi connectivity index (χ4v) is 2.91. The summed E-state index contributed by atoms with van der Waals surface area (Å²) in [5.41, 5.74) is 5.88. The van der Waals surface area contributed by atoms with Crippen LogP contribution in [0.3, 0.4) is 0 Å². The Morgan fingerprint density at radius 1 is 1.24 bits per heavy atom. The van der Waals surface area contributed by atoms with Crippen molar-refractivity contribution in [1.82, 2.24) is 15.1 Å². The van der Waals surface area contributed by atoms with Crippen LogP contribution in [-0.4, -0.2) is 21.7 Å². The van der Waals surface area contributed by atoms with Gasteiger partial charge in [0.25, 0.3) is 5.89 Å². The zero-order valence-electron chi connectivity index (χ0n) is 12.2. The first-order valence-electron chi connectivity index (χ1n) is 7.44. The summed E-state index contributed by atoms with van der Waals surface area (Å²) in [5, 5.41) is 4.14. The topological polar surface area (TPSA) is 87.1 Å². The van der Waals surface area contributed by atoms with Crippen LogP contribution in [0.25, 0.3) is 11.6 Å². The summed E-state index contributed by atoms with van der Waals surface area (Å²) in [6.07, 6.45) is 5.35. The van der Waals surface area contributed by atoms with E-state index in [1.807, 2.05) is 19.1 Å². The SMILES string of the molecule is CCOC1(c2noc(-c3cccc(N)n3)n2)CCCCC1. The molecule has 0 saturated heterocycles. The molecule has 0 aliphatic heterocycles. The van der Waals surface area contributed by atoms with Gasteiger partial charge in [-0.05, 0) is 31.9 Å². The number of hydrogen-bond donors (Lipinski definition) is 1. The molecule has 3 rings (SSSR count). The average Bonchev–Trinajstić information content (AvgIpc) is 2.99. The predicted octanol–water partition coefficient (Wildman–Crippen LogP) is 2.91. The number of hydrogen-bond acceptors (Lipinski definition) is 6. The third-order valence-corrected chi connectivity index (χ3v) is 3.91. The van der Waals surface area contributed by atoms with Crippen molar-refractivity contribution < 1.29 is 9.26 Å². The molecule has 1 saturated carbocycles. The Labute approximate surface area is 123 Å². The van der Waals surface area contributed by atoms with Gasteiger partial charge >= 0.3 is 0 Å². The van der Waals surface area contributed by atoms with E-state index in [0.29, 0.717) is 29.8 Å². The summed E-state index contributed by atoms with van der Waals surface area (Å²) >= 11 is 0. The van der Waals surface area contributed by atoms with E-state index in [1.54, 1.807) is 6.07 Å². The van der Waals surface area contributed by atoms with Crippen molar-refractivity contribution in [3.63, 3.8) is 0 Å². The maximum Gasteiger partial charge on any atom is 0.276 e. The highest BCUT2D eigenvalue weighted by Gasteiger charge is 2.39. The minimum Gasteiger partial charge on any atom is -0.384 e. The van der Waals surface area contributed by atoms with Crippen LogP contribution in [0.2, 0.25) is 0 Å². The molecule has 2 heterocycles. The van der Waals surface area contributed by atoms with Gasteiger partial charge in [0.15, 0.2) is 0 Å². The molecular formula is C15H20N4O2. The van der Waals surface area contributed by atoms with Crippen LogP contribution in [-0.2, 0) is 10.3 Å². The Balaban J connectivity index is 1.92. The molecule has 0 amide bonds. The molecule has 0 radical (unpaired) electrons. The van der Waals surface area contributed by atoms with Gasteiger partial charge in [-0.15, -0.1) is 0 Å². The molecule has 2 aromatic heterocycles. The predicted molar refractivity (Wildman–Crippen MR) is 78.3 cm³/mol. The molecule has 0 unspecified atom stereocenters. The molecule has 21 heavy (non-hydrogen) atoms. The van der Waals surface area contributed by atoms with Crippen molar-refractivity contribution in [3.05, 3.63) is 24.0 Å². The van der Waals surface area contributed by atoms with E-state index in [0.717, 1.165) is 25.7 Å². The van der Waals surface area contributed by atoms with Crippen molar-refractivity contribution in [2.75, 3.05) is 12.3 Å². The zero-order valence-corrected chi connectivity index (χ0v) is 12.2. The number of ether oxygens (including phenoxy) is 1. The number of nitrogen functional groups attached to an aromatic ring is 1. The van der Waals surface area contributed by atoms with Gasteiger partial charge in [0.2, 0.25) is 5.82 Å². The maximum atomic E-state index is 6.00. The van der Waals surface area contributed by atoms with E-state index in [1.165, 1.54) is 6.42 Å². The summed E-state index contributed by atoms with van der Waals surface area (Å²) in [6.45, 7) is 2.64. The Morgan fingerprint density at radius 2 is 2.05 bits per heavy atom. The van der Waals surface area contributed by atoms with Crippen LogP contribution in [0.4, 0.5) is 5.82 Å². The van der Waals surface area contributed by atoms with Crippen LogP contribution < -0.4 is 5.73 Å². The molecule has 1 aliphatic carbocycles. The van der Waals surface area contributed by atoms with E-state index in [2.05, 4.69) is 15.1 Å². The summed E-state index contributed by atoms with van der Waals surface area (Å²) < 4.78 is 11.4. The number of pyridine rings is 1. The maximum absolute atomic E-state index is 6.00. The quantitative estimate of drug-likeness (QED) is 0.930. The number of anilines is 1. The van der Waals surface area contributed by atoms with Crippen molar-refractivity contribution >= 4 is 5.82 Å². The highest BCUT2D eigenvalue weighted by Crippen LogP contribution is 2.39. The Morgan fingerprint density at radius 3 is 2.76 bits per heavy atom. The van der Waals surface area contributed by atoms with Gasteiger partial charge in [-0.1, -0.05) is 30.5 Å². The summed E-state index contributed by atoms with van der Waals surface area (Å²) in [6, 6.07) is 5.35. The smallest absolute Gasteiger partial charge is 0.276 e. The largest absolute Gasteiger partial charge is 0.384 e. The Hall–Kier alpha value is -1.95. The lowest BCUT2D eigenvalue weighted by molar-refractivity contribution is -0.0777. The Kier molecular flexibility index (Phi) is 3.88. The highest BCUT2D eigenvalue weighted by molar-refractivity contribution is 5.50. The summed E-state index contributed by atoms with van der Waals surface area (Å²) in [7, 11) is 0. The number of aromatic nitrogens is 3. The van der Waals surface area contributed by atoms with Crippen LogP contribution in [0, 0.1) is 0 Å². The monoisotopic (exact) mass is 288 g/mol. The normalized spacial score (nSPS) is 17.8. The fourth-order valence-electron chi connectivity index (χ4n) is 2.91. The van der Waals surface area contributed by atoms with Crippen LogP contribution >= 0.6 is 0 Å². The van der Waals surface area contributed by atoms with Gasteiger partial charge in [-0.2, -0.15) is 4.98 Å². The molecule has 0 bridgehead atoms. The molecule has 2 aromatic rings. The summed E-state index contributed by atoms with van der Waals surface area (Å²) in [5.74, 6) is 1.45. The van der Waals surface area contributed by atoms with E-state index < -0.39 is 5.60 Å². The first kappa shape index (κ1) is 14.0. The fraction of sp³-hybridized carbons (Fsp3) is 0.533. The molecule has 112 valence electrons. The molecular weight excluding hydrogens is 268 g/mol. The second kappa shape index (κ2) is 5.81. The highest BCUT2D eigenvalue weighted by atomic mass is 16.5. The minimum atomic E-state index is -0.408. The molecule has 1 fully saturated rings. The third-order valence-electron chi connectivity index (χ3n) is 3.91. The first-order chi connectivity index (χ1) is 10.2.